The van der Waals surface area contributed by atoms with Crippen LogP contribution in [0.3, 0.4) is 0 Å². The highest BCUT2D eigenvalue weighted by Crippen LogP contribution is 2.19. The van der Waals surface area contributed by atoms with Gasteiger partial charge >= 0.3 is 0 Å². The molecule has 3 rings (SSSR count). The molecule has 1 aliphatic rings. The van der Waals surface area contributed by atoms with Crippen LogP contribution in [-0.2, 0) is 0 Å². The Morgan fingerprint density at radius 1 is 0.926 bits per heavy atom. The summed E-state index contributed by atoms with van der Waals surface area (Å²) in [7, 11) is 0. The molecule has 142 valence electrons. The largest absolute Gasteiger partial charge is 0.349 e. The van der Waals surface area contributed by atoms with Gasteiger partial charge in [-0.25, -0.2) is 0 Å². The van der Waals surface area contributed by atoms with Crippen molar-refractivity contribution < 1.29 is 9.59 Å². The Labute approximate surface area is 160 Å². The summed E-state index contributed by atoms with van der Waals surface area (Å²) in [5.74, 6) is -0.420. The number of hydrogen-bond donors (Lipinski definition) is 2. The third-order valence-corrected chi connectivity index (χ3v) is 5.09. The van der Waals surface area contributed by atoms with E-state index >= 15 is 0 Å². The van der Waals surface area contributed by atoms with Crippen molar-refractivity contribution in [1.29, 1.82) is 0 Å². The first-order valence-corrected chi connectivity index (χ1v) is 9.67. The van der Waals surface area contributed by atoms with Crippen molar-refractivity contribution in [1.82, 2.24) is 10.3 Å². The highest BCUT2D eigenvalue weighted by atomic mass is 16.2. The Morgan fingerprint density at radius 2 is 1.59 bits per heavy atom. The Kier molecular flexibility index (Phi) is 6.22. The van der Waals surface area contributed by atoms with E-state index in [2.05, 4.69) is 15.6 Å². The third kappa shape index (κ3) is 5.16. The van der Waals surface area contributed by atoms with E-state index in [1.807, 2.05) is 32.0 Å². The molecule has 0 bridgehead atoms. The summed E-state index contributed by atoms with van der Waals surface area (Å²) in [6.07, 6.45) is 9.83. The maximum absolute atomic E-state index is 12.6. The average molecular weight is 365 g/mol. The second-order valence-electron chi connectivity index (χ2n) is 7.40. The van der Waals surface area contributed by atoms with Crippen LogP contribution in [0.1, 0.15) is 70.4 Å². The molecule has 0 aliphatic heterocycles. The van der Waals surface area contributed by atoms with E-state index < -0.39 is 0 Å². The van der Waals surface area contributed by atoms with Crippen LogP contribution in [-0.4, -0.2) is 22.8 Å². The van der Waals surface area contributed by atoms with Crippen molar-refractivity contribution in [3.05, 3.63) is 58.9 Å². The van der Waals surface area contributed by atoms with Crippen molar-refractivity contribution >= 4 is 17.5 Å². The second-order valence-corrected chi connectivity index (χ2v) is 7.40. The Bertz CT molecular complexity index is 824. The van der Waals surface area contributed by atoms with E-state index in [9.17, 15) is 9.59 Å². The number of nitrogens with one attached hydrogen (secondary N) is 2. The molecule has 0 saturated heterocycles. The number of amides is 2. The number of carbonyl (C=O) groups is 2. The predicted octanol–water partition coefficient (Wildman–Crippen LogP) is 4.40. The van der Waals surface area contributed by atoms with Gasteiger partial charge in [0, 0.05) is 24.1 Å². The molecular weight excluding hydrogens is 338 g/mol. The van der Waals surface area contributed by atoms with E-state index in [4.69, 9.17) is 0 Å². The Morgan fingerprint density at radius 3 is 2.30 bits per heavy atom. The van der Waals surface area contributed by atoms with E-state index in [1.54, 1.807) is 6.07 Å². The monoisotopic (exact) mass is 365 g/mol. The van der Waals surface area contributed by atoms with E-state index in [0.29, 0.717) is 11.1 Å². The molecule has 2 amide bonds. The number of pyridine rings is 1. The average Bonchev–Trinajstić information content (AvgIpc) is 2.93. The van der Waals surface area contributed by atoms with Crippen molar-refractivity contribution in [2.75, 3.05) is 5.32 Å². The number of anilines is 1. The fourth-order valence-corrected chi connectivity index (χ4v) is 3.45. The van der Waals surface area contributed by atoms with Gasteiger partial charge in [0.15, 0.2) is 0 Å². The third-order valence-electron chi connectivity index (χ3n) is 5.09. The van der Waals surface area contributed by atoms with E-state index in [0.717, 1.165) is 42.5 Å². The molecule has 1 fully saturated rings. The first kappa shape index (κ1) is 19.1. The summed E-state index contributed by atoms with van der Waals surface area (Å²) >= 11 is 0. The van der Waals surface area contributed by atoms with Gasteiger partial charge in [0.25, 0.3) is 11.8 Å². The standard InChI is InChI=1S/C22H27N3O2/c1-15-9-10-16(2)20(11-15)25-22(27)18-12-17(13-23-14-18)21(26)24-19-7-5-3-4-6-8-19/h9-14,19H,3-8H2,1-2H3,(H,24,26)(H,25,27). The van der Waals surface area contributed by atoms with Gasteiger partial charge < -0.3 is 10.6 Å². The summed E-state index contributed by atoms with van der Waals surface area (Å²) < 4.78 is 0. The second kappa shape index (κ2) is 8.80. The lowest BCUT2D eigenvalue weighted by Gasteiger charge is -2.16. The number of rotatable bonds is 4. The summed E-state index contributed by atoms with van der Waals surface area (Å²) in [4.78, 5) is 29.3. The molecule has 0 unspecified atom stereocenters. The van der Waals surface area contributed by atoms with Gasteiger partial charge in [-0.2, -0.15) is 0 Å². The lowest BCUT2D eigenvalue weighted by atomic mass is 10.1. The molecule has 27 heavy (non-hydrogen) atoms. The van der Waals surface area contributed by atoms with Crippen molar-refractivity contribution in [3.8, 4) is 0 Å². The molecule has 1 aromatic heterocycles. The van der Waals surface area contributed by atoms with Gasteiger partial charge in [-0.1, -0.05) is 37.8 Å². The smallest absolute Gasteiger partial charge is 0.257 e. The van der Waals surface area contributed by atoms with Gasteiger partial charge in [-0.15, -0.1) is 0 Å². The molecule has 0 spiro atoms. The molecule has 5 heteroatoms. The first-order valence-electron chi connectivity index (χ1n) is 9.67. The summed E-state index contributed by atoms with van der Waals surface area (Å²) in [6.45, 7) is 3.93. The van der Waals surface area contributed by atoms with E-state index in [-0.39, 0.29) is 17.9 Å². The fourth-order valence-electron chi connectivity index (χ4n) is 3.45. The number of carbonyl (C=O) groups excluding carboxylic acids is 2. The quantitative estimate of drug-likeness (QED) is 0.789. The van der Waals surface area contributed by atoms with Crippen LogP contribution in [0.2, 0.25) is 0 Å². The van der Waals surface area contributed by atoms with Gasteiger partial charge in [0.05, 0.1) is 11.1 Å². The van der Waals surface area contributed by atoms with Crippen LogP contribution in [0.4, 0.5) is 5.69 Å². The van der Waals surface area contributed by atoms with Crippen LogP contribution in [0, 0.1) is 13.8 Å². The molecule has 1 aromatic carbocycles. The van der Waals surface area contributed by atoms with Crippen LogP contribution in [0.5, 0.6) is 0 Å². The Hall–Kier alpha value is -2.69. The zero-order valence-corrected chi connectivity index (χ0v) is 16.0. The fraction of sp³-hybridized carbons (Fsp3) is 0.409. The van der Waals surface area contributed by atoms with E-state index in [1.165, 1.54) is 25.2 Å². The van der Waals surface area contributed by atoms with Crippen LogP contribution in [0.25, 0.3) is 0 Å². The van der Waals surface area contributed by atoms with Crippen molar-refractivity contribution in [3.63, 3.8) is 0 Å². The molecule has 5 nitrogen and oxygen atoms in total. The number of hydrogen-bond acceptors (Lipinski definition) is 3. The summed E-state index contributed by atoms with van der Waals surface area (Å²) in [5.41, 5.74) is 3.64. The Balaban J connectivity index is 1.69. The molecule has 0 radical (unpaired) electrons. The minimum absolute atomic E-state index is 0.157. The van der Waals surface area contributed by atoms with Gasteiger partial charge in [0.1, 0.15) is 0 Å². The van der Waals surface area contributed by atoms with Crippen LogP contribution >= 0.6 is 0 Å². The maximum atomic E-state index is 12.6. The first-order chi connectivity index (χ1) is 13.0. The summed E-state index contributed by atoms with van der Waals surface area (Å²) in [5, 5.41) is 6.01. The van der Waals surface area contributed by atoms with Crippen LogP contribution < -0.4 is 10.6 Å². The van der Waals surface area contributed by atoms with Gasteiger partial charge in [-0.3, -0.25) is 14.6 Å². The van der Waals surface area contributed by atoms with Gasteiger partial charge in [0.2, 0.25) is 0 Å². The van der Waals surface area contributed by atoms with Crippen molar-refractivity contribution in [2.24, 2.45) is 0 Å². The SMILES string of the molecule is Cc1ccc(C)c(NC(=O)c2cncc(C(=O)NC3CCCCCC3)c2)c1. The maximum Gasteiger partial charge on any atom is 0.257 e. The normalized spacial score (nSPS) is 15.0. The number of aromatic nitrogens is 1. The molecule has 1 heterocycles. The lowest BCUT2D eigenvalue weighted by Crippen LogP contribution is -2.34. The van der Waals surface area contributed by atoms with Gasteiger partial charge in [-0.05, 0) is 49.9 Å². The minimum atomic E-state index is -0.264. The number of benzene rings is 1. The van der Waals surface area contributed by atoms with Crippen LogP contribution in [0.15, 0.2) is 36.7 Å². The van der Waals surface area contributed by atoms with Crippen molar-refractivity contribution in [2.45, 2.75) is 58.4 Å². The highest BCUT2D eigenvalue weighted by Gasteiger charge is 2.17. The summed E-state index contributed by atoms with van der Waals surface area (Å²) in [6, 6.07) is 7.74. The molecule has 0 atom stereocenters. The highest BCUT2D eigenvalue weighted by molar-refractivity contribution is 6.06. The molecule has 2 aromatic rings. The molecule has 1 aliphatic carbocycles. The zero-order valence-electron chi connectivity index (χ0n) is 16.0. The zero-order chi connectivity index (χ0) is 19.2. The molecule has 2 N–H and O–H groups in total. The molecular formula is C22H27N3O2. The topological polar surface area (TPSA) is 71.1 Å². The number of nitrogens with zero attached hydrogens (tertiary/aromatic N) is 1. The molecule has 1 saturated carbocycles. The number of aryl methyl sites for hydroxylation is 2. The lowest BCUT2D eigenvalue weighted by molar-refractivity contribution is 0.0933. The minimum Gasteiger partial charge on any atom is -0.349 e. The predicted molar refractivity (Wildman–Crippen MR) is 107 cm³/mol.